The maximum Gasteiger partial charge on any atom is 0.291 e. The van der Waals surface area contributed by atoms with Crippen molar-refractivity contribution >= 4 is 40.5 Å². The van der Waals surface area contributed by atoms with Crippen molar-refractivity contribution in [2.24, 2.45) is 0 Å². The number of hydrogen-bond donors (Lipinski definition) is 1. The van der Waals surface area contributed by atoms with E-state index in [1.807, 2.05) is 0 Å². The van der Waals surface area contributed by atoms with E-state index in [0.717, 1.165) is 6.07 Å². The standard InChI is InChI=1S/C10H10Cl2N2O4/c1-18-9-5-8(14(16)17)6(12)4-7(9)13-10(15)2-3-11/h4-5H,2-3H2,1H3,(H,13,15). The number of benzene rings is 1. The number of methoxy groups -OCH3 is 1. The van der Waals surface area contributed by atoms with Gasteiger partial charge in [0.05, 0.1) is 23.8 Å². The summed E-state index contributed by atoms with van der Waals surface area (Å²) in [5.41, 5.74) is -0.0212. The van der Waals surface area contributed by atoms with E-state index < -0.39 is 4.92 Å². The lowest BCUT2D eigenvalue weighted by Crippen LogP contribution is -2.12. The Morgan fingerprint density at radius 2 is 2.22 bits per heavy atom. The first kappa shape index (κ1) is 14.5. The summed E-state index contributed by atoms with van der Waals surface area (Å²) in [6.07, 6.45) is 0.124. The van der Waals surface area contributed by atoms with Gasteiger partial charge in [0.2, 0.25) is 5.91 Å². The molecule has 0 spiro atoms. The van der Waals surface area contributed by atoms with E-state index in [1.54, 1.807) is 0 Å². The summed E-state index contributed by atoms with van der Waals surface area (Å²) in [6, 6.07) is 2.42. The predicted molar refractivity (Wildman–Crippen MR) is 68.6 cm³/mol. The Labute approximate surface area is 113 Å². The minimum absolute atomic E-state index is 0.0815. The summed E-state index contributed by atoms with van der Waals surface area (Å²) >= 11 is 11.2. The molecule has 0 aliphatic rings. The Balaban J connectivity index is 3.09. The Morgan fingerprint density at radius 1 is 1.56 bits per heavy atom. The van der Waals surface area contributed by atoms with Crippen LogP contribution < -0.4 is 10.1 Å². The lowest BCUT2D eigenvalue weighted by molar-refractivity contribution is -0.384. The van der Waals surface area contributed by atoms with E-state index in [0.29, 0.717) is 0 Å². The molecule has 0 bridgehead atoms. The number of halogens is 2. The van der Waals surface area contributed by atoms with Gasteiger partial charge in [0.15, 0.2) is 0 Å². The molecular weight excluding hydrogens is 283 g/mol. The maximum atomic E-state index is 11.4. The molecule has 0 aliphatic carbocycles. The van der Waals surface area contributed by atoms with Crippen LogP contribution in [-0.2, 0) is 4.79 Å². The predicted octanol–water partition coefficient (Wildman–Crippen LogP) is 2.82. The van der Waals surface area contributed by atoms with E-state index in [4.69, 9.17) is 27.9 Å². The molecule has 0 aromatic heterocycles. The van der Waals surface area contributed by atoms with E-state index >= 15 is 0 Å². The number of nitrogens with one attached hydrogen (secondary N) is 1. The van der Waals surface area contributed by atoms with E-state index in [9.17, 15) is 14.9 Å². The molecule has 0 heterocycles. The first-order valence-corrected chi connectivity index (χ1v) is 5.78. The van der Waals surface area contributed by atoms with Gasteiger partial charge in [-0.05, 0) is 6.07 Å². The topological polar surface area (TPSA) is 81.5 Å². The molecule has 0 saturated heterocycles. The molecule has 1 aromatic rings. The highest BCUT2D eigenvalue weighted by atomic mass is 35.5. The molecule has 1 amide bonds. The van der Waals surface area contributed by atoms with Crippen molar-refractivity contribution in [3.05, 3.63) is 27.3 Å². The summed E-state index contributed by atoms with van der Waals surface area (Å²) in [7, 11) is 1.34. The highest BCUT2D eigenvalue weighted by Gasteiger charge is 2.18. The number of anilines is 1. The number of nitro benzene ring substituents is 1. The summed E-state index contributed by atoms with van der Waals surface area (Å²) in [5.74, 6) is 0.0109. The zero-order valence-corrected chi connectivity index (χ0v) is 10.9. The van der Waals surface area contributed by atoms with Gasteiger partial charge in [-0.25, -0.2) is 0 Å². The molecule has 1 N–H and O–H groups in total. The quantitative estimate of drug-likeness (QED) is 0.514. The number of hydrogen-bond acceptors (Lipinski definition) is 4. The average Bonchev–Trinajstić information content (AvgIpc) is 2.29. The van der Waals surface area contributed by atoms with Crippen molar-refractivity contribution in [2.75, 3.05) is 18.3 Å². The van der Waals surface area contributed by atoms with E-state index in [-0.39, 0.29) is 40.4 Å². The van der Waals surface area contributed by atoms with Crippen molar-refractivity contribution < 1.29 is 14.5 Å². The Hall–Kier alpha value is -1.53. The number of nitrogens with zero attached hydrogens (tertiary/aromatic N) is 1. The van der Waals surface area contributed by atoms with Gasteiger partial charge >= 0.3 is 0 Å². The van der Waals surface area contributed by atoms with Gasteiger partial charge in [0.25, 0.3) is 5.69 Å². The minimum Gasteiger partial charge on any atom is -0.494 e. The number of nitro groups is 1. The maximum absolute atomic E-state index is 11.4. The molecule has 0 saturated carbocycles. The van der Waals surface area contributed by atoms with Crippen molar-refractivity contribution in [2.45, 2.75) is 6.42 Å². The first-order valence-electron chi connectivity index (χ1n) is 4.87. The van der Waals surface area contributed by atoms with Crippen LogP contribution in [0.5, 0.6) is 5.75 Å². The second-order valence-corrected chi connectivity index (χ2v) is 4.03. The number of ether oxygens (including phenoxy) is 1. The normalized spacial score (nSPS) is 9.94. The lowest BCUT2D eigenvalue weighted by Gasteiger charge is -2.10. The number of carbonyl (C=O) groups excluding carboxylic acids is 1. The highest BCUT2D eigenvalue weighted by molar-refractivity contribution is 6.33. The van der Waals surface area contributed by atoms with Gasteiger partial charge in [0, 0.05) is 12.3 Å². The fraction of sp³-hybridized carbons (Fsp3) is 0.300. The van der Waals surface area contributed by atoms with Gasteiger partial charge in [-0.1, -0.05) is 11.6 Å². The van der Waals surface area contributed by atoms with Crippen LogP contribution in [0.1, 0.15) is 6.42 Å². The third-order valence-corrected chi connectivity index (χ3v) is 2.55. The highest BCUT2D eigenvalue weighted by Crippen LogP contribution is 2.35. The summed E-state index contributed by atoms with van der Waals surface area (Å²) in [6.45, 7) is 0. The van der Waals surface area contributed by atoms with Gasteiger partial charge < -0.3 is 10.1 Å². The summed E-state index contributed by atoms with van der Waals surface area (Å²) in [4.78, 5) is 21.4. The number of rotatable bonds is 5. The van der Waals surface area contributed by atoms with Crippen molar-refractivity contribution in [1.29, 1.82) is 0 Å². The Kier molecular flexibility index (Phi) is 5.18. The van der Waals surface area contributed by atoms with Crippen LogP contribution in [0.3, 0.4) is 0 Å². The fourth-order valence-corrected chi connectivity index (χ4v) is 1.65. The van der Waals surface area contributed by atoms with Crippen LogP contribution in [0.25, 0.3) is 0 Å². The number of carbonyl (C=O) groups is 1. The molecule has 0 aliphatic heterocycles. The number of alkyl halides is 1. The molecular formula is C10H10Cl2N2O4. The minimum atomic E-state index is -0.630. The molecule has 6 nitrogen and oxygen atoms in total. The third kappa shape index (κ3) is 3.48. The van der Waals surface area contributed by atoms with Crippen LogP contribution in [-0.4, -0.2) is 23.8 Å². The zero-order chi connectivity index (χ0) is 13.7. The molecule has 0 fully saturated rings. The molecule has 1 rings (SSSR count). The molecule has 0 atom stereocenters. The second-order valence-electron chi connectivity index (χ2n) is 3.25. The van der Waals surface area contributed by atoms with Crippen LogP contribution in [0.2, 0.25) is 5.02 Å². The molecule has 0 unspecified atom stereocenters. The molecule has 1 aromatic carbocycles. The van der Waals surface area contributed by atoms with Gasteiger partial charge in [0.1, 0.15) is 10.8 Å². The van der Waals surface area contributed by atoms with Crippen LogP contribution >= 0.6 is 23.2 Å². The van der Waals surface area contributed by atoms with Gasteiger partial charge in [-0.2, -0.15) is 0 Å². The lowest BCUT2D eigenvalue weighted by atomic mass is 10.2. The Morgan fingerprint density at radius 3 is 2.72 bits per heavy atom. The second kappa shape index (κ2) is 6.42. The Bertz CT molecular complexity index is 479. The van der Waals surface area contributed by atoms with Crippen LogP contribution in [0.4, 0.5) is 11.4 Å². The fourth-order valence-electron chi connectivity index (χ4n) is 1.25. The van der Waals surface area contributed by atoms with E-state index in [1.165, 1.54) is 13.2 Å². The monoisotopic (exact) mass is 292 g/mol. The smallest absolute Gasteiger partial charge is 0.291 e. The first-order chi connectivity index (χ1) is 8.49. The summed E-state index contributed by atoms with van der Waals surface area (Å²) in [5, 5.41) is 13.1. The zero-order valence-electron chi connectivity index (χ0n) is 9.41. The molecule has 98 valence electrons. The van der Waals surface area contributed by atoms with Gasteiger partial charge in [-0.15, -0.1) is 11.6 Å². The van der Waals surface area contributed by atoms with Crippen LogP contribution in [0.15, 0.2) is 12.1 Å². The molecule has 0 radical (unpaired) electrons. The van der Waals surface area contributed by atoms with Crippen molar-refractivity contribution in [1.82, 2.24) is 0 Å². The molecule has 8 heteroatoms. The summed E-state index contributed by atoms with van der Waals surface area (Å²) < 4.78 is 4.96. The average molecular weight is 293 g/mol. The SMILES string of the molecule is COc1cc([N+](=O)[O-])c(Cl)cc1NC(=O)CCCl. The number of amides is 1. The molecule has 18 heavy (non-hydrogen) atoms. The van der Waals surface area contributed by atoms with E-state index in [2.05, 4.69) is 5.32 Å². The van der Waals surface area contributed by atoms with Gasteiger partial charge in [-0.3, -0.25) is 14.9 Å². The van der Waals surface area contributed by atoms with Crippen molar-refractivity contribution in [3.8, 4) is 5.75 Å². The van der Waals surface area contributed by atoms with Crippen molar-refractivity contribution in [3.63, 3.8) is 0 Å². The van der Waals surface area contributed by atoms with Crippen LogP contribution in [0, 0.1) is 10.1 Å². The third-order valence-electron chi connectivity index (χ3n) is 2.06. The largest absolute Gasteiger partial charge is 0.494 e.